The van der Waals surface area contributed by atoms with Gasteiger partial charge in [-0.1, -0.05) is 5.92 Å². The quantitative estimate of drug-likeness (QED) is 0.335. The second-order valence-electron chi connectivity index (χ2n) is 4.85. The summed E-state index contributed by atoms with van der Waals surface area (Å²) in [6.45, 7) is 1.53. The Morgan fingerprint density at radius 1 is 1.43 bits per heavy atom. The number of hydrogen-bond donors (Lipinski definition) is 0. The van der Waals surface area contributed by atoms with E-state index in [0.29, 0.717) is 32.1 Å². The molecule has 0 fully saturated rings. The zero-order chi connectivity index (χ0) is 16.8. The summed E-state index contributed by atoms with van der Waals surface area (Å²) in [7, 11) is 1.78. The maximum absolute atomic E-state index is 12.1. The van der Waals surface area contributed by atoms with Crippen LogP contribution < -0.4 is 9.47 Å². The third-order valence-corrected chi connectivity index (χ3v) is 3.14. The lowest BCUT2D eigenvalue weighted by Crippen LogP contribution is -2.25. The van der Waals surface area contributed by atoms with Crippen molar-refractivity contribution in [1.29, 1.82) is 0 Å². The number of terminal acetylenes is 1. The van der Waals surface area contributed by atoms with Crippen LogP contribution in [0, 0.1) is 22.5 Å². The van der Waals surface area contributed by atoms with Gasteiger partial charge in [-0.05, 0) is 7.05 Å². The van der Waals surface area contributed by atoms with Gasteiger partial charge in [0.2, 0.25) is 0 Å². The molecule has 1 aromatic rings. The van der Waals surface area contributed by atoms with Crippen LogP contribution >= 0.6 is 0 Å². The van der Waals surface area contributed by atoms with Crippen molar-refractivity contribution in [3.63, 3.8) is 0 Å². The lowest BCUT2D eigenvalue weighted by Gasteiger charge is -2.19. The van der Waals surface area contributed by atoms with Gasteiger partial charge in [-0.3, -0.25) is 15.0 Å². The molecule has 1 aliphatic heterocycles. The van der Waals surface area contributed by atoms with Gasteiger partial charge < -0.3 is 14.2 Å². The lowest BCUT2D eigenvalue weighted by atomic mass is 10.1. The normalized spacial score (nSPS) is 12.6. The molecule has 0 spiro atoms. The Kier molecular flexibility index (Phi) is 5.38. The Hall–Kier alpha value is -2.79. The summed E-state index contributed by atoms with van der Waals surface area (Å²) >= 11 is 0. The first-order valence-electron chi connectivity index (χ1n) is 6.90. The van der Waals surface area contributed by atoms with Crippen LogP contribution in [0.3, 0.4) is 0 Å². The van der Waals surface area contributed by atoms with Crippen LogP contribution in [0.2, 0.25) is 0 Å². The number of likely N-dealkylation sites (N-methyl/N-ethyl adjacent to an activating group) is 1. The molecular formula is C15H16N2O6. The standard InChI is InChI=1S/C15H16N2O6/c1-3-4-16(2)5-6-23-15(18)11-9-13-14(22-8-7-21-13)10-12(11)17(19)20/h1,9-10H,4-8H2,2H3. The Bertz CT molecular complexity index is 652. The minimum absolute atomic E-state index is 0.0720. The average molecular weight is 320 g/mol. The molecule has 8 nitrogen and oxygen atoms in total. The minimum Gasteiger partial charge on any atom is -0.486 e. The summed E-state index contributed by atoms with van der Waals surface area (Å²) in [5, 5.41) is 11.2. The van der Waals surface area contributed by atoms with Crippen LogP contribution in [0.5, 0.6) is 11.5 Å². The predicted molar refractivity (Wildman–Crippen MR) is 80.7 cm³/mol. The van der Waals surface area contributed by atoms with Crippen molar-refractivity contribution >= 4 is 11.7 Å². The number of nitrogens with zero attached hydrogens (tertiary/aromatic N) is 2. The number of nitro groups is 1. The molecule has 1 heterocycles. The number of nitro benzene ring substituents is 1. The van der Waals surface area contributed by atoms with E-state index in [0.717, 1.165) is 0 Å². The molecule has 0 atom stereocenters. The van der Waals surface area contributed by atoms with Crippen molar-refractivity contribution in [2.75, 3.05) is 40.0 Å². The fourth-order valence-corrected chi connectivity index (χ4v) is 2.00. The van der Waals surface area contributed by atoms with Crippen LogP contribution in [0.4, 0.5) is 5.69 Å². The Morgan fingerprint density at radius 2 is 2.09 bits per heavy atom. The Morgan fingerprint density at radius 3 is 2.70 bits per heavy atom. The fourth-order valence-electron chi connectivity index (χ4n) is 2.00. The third kappa shape index (κ3) is 4.11. The summed E-state index contributed by atoms with van der Waals surface area (Å²) in [6.07, 6.45) is 5.17. The summed E-state index contributed by atoms with van der Waals surface area (Å²) in [4.78, 5) is 24.4. The van der Waals surface area contributed by atoms with Crippen LogP contribution in [0.1, 0.15) is 10.4 Å². The molecule has 0 bridgehead atoms. The molecular weight excluding hydrogens is 304 g/mol. The van der Waals surface area contributed by atoms with E-state index in [2.05, 4.69) is 5.92 Å². The van der Waals surface area contributed by atoms with Crippen molar-refractivity contribution < 1.29 is 23.9 Å². The lowest BCUT2D eigenvalue weighted by molar-refractivity contribution is -0.385. The van der Waals surface area contributed by atoms with Gasteiger partial charge in [0.1, 0.15) is 25.4 Å². The van der Waals surface area contributed by atoms with Gasteiger partial charge in [-0.15, -0.1) is 6.42 Å². The van der Waals surface area contributed by atoms with Crippen molar-refractivity contribution in [3.8, 4) is 23.8 Å². The maximum Gasteiger partial charge on any atom is 0.345 e. The molecule has 1 aliphatic rings. The molecule has 0 unspecified atom stereocenters. The van der Waals surface area contributed by atoms with Crippen molar-refractivity contribution in [2.24, 2.45) is 0 Å². The molecule has 0 saturated heterocycles. The largest absolute Gasteiger partial charge is 0.486 e. The molecule has 0 N–H and O–H groups in total. The first-order chi connectivity index (χ1) is 11.0. The number of carbonyl (C=O) groups is 1. The highest BCUT2D eigenvalue weighted by molar-refractivity contribution is 5.95. The van der Waals surface area contributed by atoms with Gasteiger partial charge in [-0.2, -0.15) is 0 Å². The van der Waals surface area contributed by atoms with Crippen molar-refractivity contribution in [1.82, 2.24) is 4.90 Å². The maximum atomic E-state index is 12.1. The van der Waals surface area contributed by atoms with Crippen LogP contribution in [-0.2, 0) is 4.74 Å². The SMILES string of the molecule is C#CCN(C)CCOC(=O)c1cc2c(cc1[N+](=O)[O-])OCCO2. The second-order valence-corrected chi connectivity index (χ2v) is 4.85. The molecule has 0 amide bonds. The monoisotopic (exact) mass is 320 g/mol. The number of hydrogen-bond acceptors (Lipinski definition) is 7. The molecule has 122 valence electrons. The highest BCUT2D eigenvalue weighted by Gasteiger charge is 2.27. The van der Waals surface area contributed by atoms with E-state index in [1.54, 1.807) is 11.9 Å². The van der Waals surface area contributed by atoms with Crippen LogP contribution in [-0.4, -0.2) is 55.8 Å². The smallest absolute Gasteiger partial charge is 0.345 e. The predicted octanol–water partition coefficient (Wildman–Crippen LogP) is 1.09. The van der Waals surface area contributed by atoms with Crippen molar-refractivity contribution in [2.45, 2.75) is 0 Å². The molecule has 0 aliphatic carbocycles. The highest BCUT2D eigenvalue weighted by atomic mass is 16.6. The third-order valence-electron chi connectivity index (χ3n) is 3.14. The van der Waals surface area contributed by atoms with E-state index in [-0.39, 0.29) is 23.6 Å². The van der Waals surface area contributed by atoms with Crippen LogP contribution in [0.25, 0.3) is 0 Å². The van der Waals surface area contributed by atoms with E-state index >= 15 is 0 Å². The van der Waals surface area contributed by atoms with Gasteiger partial charge in [-0.25, -0.2) is 4.79 Å². The van der Waals surface area contributed by atoms with Gasteiger partial charge in [0.25, 0.3) is 5.69 Å². The molecule has 0 saturated carbocycles. The second kappa shape index (κ2) is 7.47. The molecule has 1 aromatic carbocycles. The number of ether oxygens (including phenoxy) is 3. The molecule has 0 aromatic heterocycles. The van der Waals surface area contributed by atoms with E-state index in [1.807, 2.05) is 0 Å². The Balaban J connectivity index is 2.12. The molecule has 8 heteroatoms. The van der Waals surface area contributed by atoms with Gasteiger partial charge in [0.15, 0.2) is 11.5 Å². The number of rotatable bonds is 6. The number of carbonyl (C=O) groups excluding carboxylic acids is 1. The van der Waals surface area contributed by atoms with Gasteiger partial charge in [0.05, 0.1) is 17.5 Å². The van der Waals surface area contributed by atoms with Gasteiger partial charge in [0, 0.05) is 12.6 Å². The highest BCUT2D eigenvalue weighted by Crippen LogP contribution is 2.36. The average Bonchev–Trinajstić information content (AvgIpc) is 2.53. The zero-order valence-electron chi connectivity index (χ0n) is 12.6. The first kappa shape index (κ1) is 16.6. The topological polar surface area (TPSA) is 91.1 Å². The number of fused-ring (bicyclic) bond motifs is 1. The zero-order valence-corrected chi connectivity index (χ0v) is 12.6. The number of benzene rings is 1. The summed E-state index contributed by atoms with van der Waals surface area (Å²) in [5.74, 6) is 2.21. The summed E-state index contributed by atoms with van der Waals surface area (Å²) < 4.78 is 15.7. The van der Waals surface area contributed by atoms with E-state index < -0.39 is 10.9 Å². The minimum atomic E-state index is -0.789. The van der Waals surface area contributed by atoms with Gasteiger partial charge >= 0.3 is 5.97 Å². The summed E-state index contributed by atoms with van der Waals surface area (Å²) in [6, 6.07) is 2.45. The molecule has 2 rings (SSSR count). The number of esters is 1. The van der Waals surface area contributed by atoms with Crippen LogP contribution in [0.15, 0.2) is 12.1 Å². The van der Waals surface area contributed by atoms with E-state index in [1.165, 1.54) is 12.1 Å². The van der Waals surface area contributed by atoms with E-state index in [9.17, 15) is 14.9 Å². The summed E-state index contributed by atoms with van der Waals surface area (Å²) in [5.41, 5.74) is -0.546. The van der Waals surface area contributed by atoms with E-state index in [4.69, 9.17) is 20.6 Å². The molecule has 0 radical (unpaired) electrons. The molecule has 23 heavy (non-hydrogen) atoms. The Labute approximate surface area is 133 Å². The first-order valence-corrected chi connectivity index (χ1v) is 6.90. The fraction of sp³-hybridized carbons (Fsp3) is 0.400. The van der Waals surface area contributed by atoms with Crippen molar-refractivity contribution in [3.05, 3.63) is 27.8 Å².